The number of anilines is 1. The molecule has 1 aliphatic rings. The number of rotatable bonds is 4. The van der Waals surface area contributed by atoms with Gasteiger partial charge < -0.3 is 10.1 Å². The Morgan fingerprint density at radius 3 is 2.79 bits per heavy atom. The van der Waals surface area contributed by atoms with Gasteiger partial charge in [-0.05, 0) is 31.5 Å². The van der Waals surface area contributed by atoms with Gasteiger partial charge in [0.25, 0.3) is 0 Å². The van der Waals surface area contributed by atoms with Crippen LogP contribution in [0.5, 0.6) is 5.75 Å². The first kappa shape index (κ1) is 16.0. The molecule has 1 aromatic heterocycles. The maximum absolute atomic E-state index is 12.4. The van der Waals surface area contributed by atoms with Gasteiger partial charge in [0.15, 0.2) is 0 Å². The van der Waals surface area contributed by atoms with Crippen LogP contribution < -0.4 is 10.1 Å². The topological polar surface area (TPSA) is 99.3 Å². The van der Waals surface area contributed by atoms with Gasteiger partial charge in [-0.1, -0.05) is 12.1 Å². The van der Waals surface area contributed by atoms with Crippen molar-refractivity contribution in [1.82, 2.24) is 9.78 Å². The van der Waals surface area contributed by atoms with Gasteiger partial charge >= 0.3 is 11.9 Å². The van der Waals surface area contributed by atoms with Crippen LogP contribution in [0.2, 0.25) is 0 Å². The van der Waals surface area contributed by atoms with E-state index in [2.05, 4.69) is 10.4 Å². The molecule has 0 bridgehead atoms. The molecule has 0 saturated carbocycles. The summed E-state index contributed by atoms with van der Waals surface area (Å²) in [5.74, 6) is -0.256. The minimum atomic E-state index is -1.41. The highest BCUT2D eigenvalue weighted by molar-refractivity contribution is 5.97. The summed E-state index contributed by atoms with van der Waals surface area (Å²) in [7, 11) is 1.53. The van der Waals surface area contributed by atoms with Gasteiger partial charge in [-0.3, -0.25) is 14.9 Å². The van der Waals surface area contributed by atoms with Gasteiger partial charge in [0, 0.05) is 16.5 Å². The van der Waals surface area contributed by atoms with Crippen LogP contribution in [0.3, 0.4) is 0 Å². The molecule has 0 aliphatic carbocycles. The Morgan fingerprint density at radius 1 is 1.42 bits per heavy atom. The van der Waals surface area contributed by atoms with Crippen LogP contribution in [0.4, 0.5) is 5.82 Å². The molecule has 2 aromatic rings. The third-order valence-electron chi connectivity index (χ3n) is 4.15. The summed E-state index contributed by atoms with van der Waals surface area (Å²) in [6, 6.07) is 5.60. The highest BCUT2D eigenvalue weighted by atomic mass is 16.6. The van der Waals surface area contributed by atoms with E-state index in [1.807, 2.05) is 13.8 Å². The fraction of sp³-hybridized carbons (Fsp3) is 0.375. The van der Waals surface area contributed by atoms with E-state index in [1.165, 1.54) is 7.11 Å². The standard InChI is InChI=1S/C16H18N4O4/c1-9(2)19-15-12(8-17-19)13(14(20(22)23)16(21)18-15)10-5-4-6-11(7-10)24-3/h4-9,13-14H,1-3H3,(H,18,21)/t13-,14+/m1/s1. The monoisotopic (exact) mass is 330 g/mol. The number of benzene rings is 1. The zero-order valence-electron chi connectivity index (χ0n) is 13.6. The van der Waals surface area contributed by atoms with Gasteiger partial charge in [0.05, 0.1) is 19.2 Å². The van der Waals surface area contributed by atoms with Crippen LogP contribution in [0.1, 0.15) is 36.9 Å². The number of methoxy groups -OCH3 is 1. The molecule has 8 nitrogen and oxygen atoms in total. The molecule has 0 saturated heterocycles. The second kappa shape index (κ2) is 5.95. The molecule has 24 heavy (non-hydrogen) atoms. The minimum Gasteiger partial charge on any atom is -0.497 e. The molecule has 8 heteroatoms. The lowest BCUT2D eigenvalue weighted by atomic mass is 9.83. The molecule has 1 amide bonds. The number of aromatic nitrogens is 2. The number of nitrogens with one attached hydrogen (secondary N) is 1. The summed E-state index contributed by atoms with van der Waals surface area (Å²) < 4.78 is 6.87. The molecule has 1 aliphatic heterocycles. The lowest BCUT2D eigenvalue weighted by molar-refractivity contribution is -0.509. The van der Waals surface area contributed by atoms with E-state index in [9.17, 15) is 14.9 Å². The summed E-state index contributed by atoms with van der Waals surface area (Å²) >= 11 is 0. The first-order valence-corrected chi connectivity index (χ1v) is 7.59. The van der Waals surface area contributed by atoms with Crippen LogP contribution in [-0.2, 0) is 4.79 Å². The molecule has 1 N–H and O–H groups in total. The van der Waals surface area contributed by atoms with Crippen molar-refractivity contribution in [2.24, 2.45) is 0 Å². The van der Waals surface area contributed by atoms with Gasteiger partial charge in [-0.25, -0.2) is 4.68 Å². The number of nitro groups is 1. The maximum Gasteiger partial charge on any atom is 0.301 e. The van der Waals surface area contributed by atoms with E-state index >= 15 is 0 Å². The molecule has 0 spiro atoms. The zero-order chi connectivity index (χ0) is 17.4. The molecule has 0 radical (unpaired) electrons. The minimum absolute atomic E-state index is 0.0205. The lowest BCUT2D eigenvalue weighted by Crippen LogP contribution is -2.44. The molecular formula is C16H18N4O4. The van der Waals surface area contributed by atoms with Crippen molar-refractivity contribution in [3.05, 3.63) is 51.7 Å². The number of ether oxygens (including phenoxy) is 1. The van der Waals surface area contributed by atoms with Crippen LogP contribution in [0.25, 0.3) is 0 Å². The number of carbonyl (C=O) groups is 1. The normalized spacial score (nSPS) is 19.8. The Morgan fingerprint density at radius 2 is 2.17 bits per heavy atom. The number of hydrogen-bond donors (Lipinski definition) is 1. The number of carbonyl (C=O) groups excluding carboxylic acids is 1. The molecule has 126 valence electrons. The molecule has 3 rings (SSSR count). The quantitative estimate of drug-likeness (QED) is 0.684. The number of hydrogen-bond acceptors (Lipinski definition) is 5. The summed E-state index contributed by atoms with van der Waals surface area (Å²) in [6.07, 6.45) is 1.59. The molecule has 2 heterocycles. The molecule has 0 fully saturated rings. The Labute approximate surface area is 138 Å². The Hall–Kier alpha value is -2.90. The maximum atomic E-state index is 12.4. The van der Waals surface area contributed by atoms with Crippen LogP contribution in [0, 0.1) is 10.1 Å². The molecule has 0 unspecified atom stereocenters. The SMILES string of the molecule is COc1cccc([C@@H]2c3cnn(C(C)C)c3NC(=O)[C@H]2[N+](=O)[O-])c1. The van der Waals surface area contributed by atoms with Crippen molar-refractivity contribution in [3.8, 4) is 5.75 Å². The Kier molecular flexibility index (Phi) is 3.96. The second-order valence-electron chi connectivity index (χ2n) is 5.96. The lowest BCUT2D eigenvalue weighted by Gasteiger charge is -2.27. The van der Waals surface area contributed by atoms with Gasteiger partial charge in [-0.2, -0.15) is 5.10 Å². The smallest absolute Gasteiger partial charge is 0.301 e. The number of nitrogens with zero attached hydrogens (tertiary/aromatic N) is 3. The summed E-state index contributed by atoms with van der Waals surface area (Å²) in [6.45, 7) is 3.86. The summed E-state index contributed by atoms with van der Waals surface area (Å²) in [5.41, 5.74) is 1.29. The van der Waals surface area contributed by atoms with Gasteiger partial charge in [0.1, 0.15) is 11.6 Å². The fourth-order valence-electron chi connectivity index (χ4n) is 3.05. The van der Waals surface area contributed by atoms with E-state index in [1.54, 1.807) is 35.1 Å². The number of amides is 1. The average molecular weight is 330 g/mol. The van der Waals surface area contributed by atoms with E-state index in [-0.39, 0.29) is 6.04 Å². The van der Waals surface area contributed by atoms with Crippen LogP contribution in [0.15, 0.2) is 30.5 Å². The van der Waals surface area contributed by atoms with Gasteiger partial charge in [-0.15, -0.1) is 0 Å². The Balaban J connectivity index is 2.19. The van der Waals surface area contributed by atoms with E-state index in [0.29, 0.717) is 22.7 Å². The predicted octanol–water partition coefficient (Wildman–Crippen LogP) is 2.20. The van der Waals surface area contributed by atoms with E-state index in [4.69, 9.17) is 4.74 Å². The van der Waals surface area contributed by atoms with Crippen LogP contribution in [-0.4, -0.2) is 33.8 Å². The highest BCUT2D eigenvalue weighted by Gasteiger charge is 2.47. The molecule has 1 aromatic carbocycles. The van der Waals surface area contributed by atoms with Crippen molar-refractivity contribution in [3.63, 3.8) is 0 Å². The van der Waals surface area contributed by atoms with Crippen molar-refractivity contribution < 1.29 is 14.5 Å². The van der Waals surface area contributed by atoms with Gasteiger partial charge in [0.2, 0.25) is 0 Å². The van der Waals surface area contributed by atoms with Crippen molar-refractivity contribution in [2.45, 2.75) is 31.8 Å². The zero-order valence-corrected chi connectivity index (χ0v) is 13.6. The van der Waals surface area contributed by atoms with Crippen LogP contribution >= 0.6 is 0 Å². The third-order valence-corrected chi connectivity index (χ3v) is 4.15. The van der Waals surface area contributed by atoms with E-state index < -0.39 is 22.8 Å². The third kappa shape index (κ3) is 2.49. The predicted molar refractivity (Wildman–Crippen MR) is 86.9 cm³/mol. The second-order valence-corrected chi connectivity index (χ2v) is 5.96. The first-order chi connectivity index (χ1) is 11.4. The molecule has 2 atom stereocenters. The van der Waals surface area contributed by atoms with E-state index in [0.717, 1.165) is 0 Å². The summed E-state index contributed by atoms with van der Waals surface area (Å²) in [5, 5.41) is 18.5. The highest BCUT2D eigenvalue weighted by Crippen LogP contribution is 2.40. The van der Waals surface area contributed by atoms with Crippen molar-refractivity contribution >= 4 is 11.7 Å². The Bertz CT molecular complexity index is 799. The largest absolute Gasteiger partial charge is 0.497 e. The number of fused-ring (bicyclic) bond motifs is 1. The summed E-state index contributed by atoms with van der Waals surface area (Å²) in [4.78, 5) is 23.4. The van der Waals surface area contributed by atoms with Crippen molar-refractivity contribution in [2.75, 3.05) is 12.4 Å². The average Bonchev–Trinajstić information content (AvgIpc) is 2.96. The van der Waals surface area contributed by atoms with Crippen molar-refractivity contribution in [1.29, 1.82) is 0 Å². The molecular weight excluding hydrogens is 312 g/mol. The first-order valence-electron chi connectivity index (χ1n) is 7.59. The fourth-order valence-corrected chi connectivity index (χ4v) is 3.05.